The molecule has 1 aromatic heterocycles. The smallest absolute Gasteiger partial charge is 0.328 e. The number of aliphatic hydroxyl groups excluding tert-OH is 1. The Morgan fingerprint density at radius 1 is 1.18 bits per heavy atom. The van der Waals surface area contributed by atoms with Crippen molar-refractivity contribution in [1.82, 2.24) is 15.6 Å². The minimum absolute atomic E-state index is 0.0276. The number of aliphatic hydroxyl groups is 1. The van der Waals surface area contributed by atoms with Crippen LogP contribution in [0.15, 0.2) is 46.6 Å². The Hall–Kier alpha value is -3.57. The molecule has 0 aliphatic carbocycles. The fourth-order valence-electron chi connectivity index (χ4n) is 4.24. The number of esters is 1. The highest BCUT2D eigenvalue weighted by atomic mass is 16.5. The quantitative estimate of drug-likeness (QED) is 0.312. The second kappa shape index (κ2) is 16.5. The number of hydrogen-bond donors (Lipinski definition) is 4. The molecule has 0 saturated heterocycles. The molecule has 1 aliphatic rings. The maximum Gasteiger partial charge on any atom is 0.328 e. The molecule has 2 rings (SSSR count). The van der Waals surface area contributed by atoms with Gasteiger partial charge in [-0.1, -0.05) is 50.6 Å². The Bertz CT molecular complexity index is 1110. The summed E-state index contributed by atoms with van der Waals surface area (Å²) in [5.41, 5.74) is 6.24. The number of aromatic nitrogens is 1. The van der Waals surface area contributed by atoms with Crippen LogP contribution in [-0.4, -0.2) is 65.0 Å². The van der Waals surface area contributed by atoms with Crippen LogP contribution in [0, 0.1) is 11.8 Å². The van der Waals surface area contributed by atoms with E-state index in [1.165, 1.54) is 12.2 Å². The summed E-state index contributed by atoms with van der Waals surface area (Å²) in [6.45, 7) is 8.14. The predicted molar refractivity (Wildman–Crippen MR) is 149 cm³/mol. The molecule has 1 aromatic rings. The number of carbonyl (C=O) groups is 4. The van der Waals surface area contributed by atoms with Crippen LogP contribution in [0.5, 0.6) is 0 Å². The topological polar surface area (TPSA) is 174 Å². The third-order valence-corrected chi connectivity index (χ3v) is 6.32. The van der Waals surface area contributed by atoms with Crippen LogP contribution in [0.4, 0.5) is 0 Å². The van der Waals surface area contributed by atoms with Crippen LogP contribution in [0.3, 0.4) is 0 Å². The van der Waals surface area contributed by atoms with Gasteiger partial charge in [-0.05, 0) is 44.7 Å². The molecule has 0 fully saturated rings. The zero-order chi connectivity index (χ0) is 29.7. The summed E-state index contributed by atoms with van der Waals surface area (Å²) in [4.78, 5) is 55.0. The molecule has 2 heterocycles. The van der Waals surface area contributed by atoms with Gasteiger partial charge in [-0.15, -0.1) is 0 Å². The van der Waals surface area contributed by atoms with Gasteiger partial charge in [0.25, 0.3) is 5.91 Å². The summed E-state index contributed by atoms with van der Waals surface area (Å²) < 4.78 is 11.2. The van der Waals surface area contributed by atoms with Gasteiger partial charge < -0.3 is 30.6 Å². The van der Waals surface area contributed by atoms with Crippen molar-refractivity contribution < 1.29 is 33.4 Å². The average Bonchev–Trinajstić information content (AvgIpc) is 3.35. The Balaban J connectivity index is 2.33. The van der Waals surface area contributed by atoms with E-state index in [0.717, 1.165) is 11.8 Å². The average molecular weight is 559 g/mol. The van der Waals surface area contributed by atoms with Gasteiger partial charge >= 0.3 is 5.97 Å². The second-order valence-corrected chi connectivity index (χ2v) is 10.3. The summed E-state index contributed by atoms with van der Waals surface area (Å²) in [5, 5.41) is 15.7. The number of Topliss-reactive ketones (excluding diaryl/α,β-unsaturated/α-hetero) is 1. The van der Waals surface area contributed by atoms with Gasteiger partial charge in [0.1, 0.15) is 24.2 Å². The first kappa shape index (κ1) is 32.6. The standard InChI is InChI=1S/C29H42N4O7/c1-18(2)27-20(4)10-11-25(36)31-13-7-8-19(3)14-21(34)15-22(35)16-26-32-24(17-39-26)28(37)33-23(29(38)40-27)9-5-6-12-30/h7-8,10-11,14,17-18,20-21,23,27,34H,5-6,9,12-13,15-16,30H2,1-4H3,(H,31,36)(H,33,37)/b8-7+,11-10+,19-14+/t20-,21-,23-,27?/m1/s1. The van der Waals surface area contributed by atoms with Crippen LogP contribution in [0.1, 0.15) is 69.8 Å². The number of cyclic esters (lactones) is 1. The van der Waals surface area contributed by atoms with E-state index in [2.05, 4.69) is 15.6 Å². The first-order chi connectivity index (χ1) is 19.0. The molecular formula is C29H42N4O7. The van der Waals surface area contributed by atoms with Gasteiger partial charge in [0.15, 0.2) is 5.69 Å². The van der Waals surface area contributed by atoms with Gasteiger partial charge in [0.2, 0.25) is 11.8 Å². The highest BCUT2D eigenvalue weighted by Gasteiger charge is 2.30. The van der Waals surface area contributed by atoms with E-state index in [4.69, 9.17) is 14.9 Å². The zero-order valence-electron chi connectivity index (χ0n) is 23.7. The fourth-order valence-corrected chi connectivity index (χ4v) is 4.24. The minimum Gasteiger partial charge on any atom is -0.460 e. The lowest BCUT2D eigenvalue weighted by Gasteiger charge is -2.28. The number of nitrogens with one attached hydrogen (secondary N) is 2. The number of carbonyl (C=O) groups excluding carboxylic acids is 4. The van der Waals surface area contributed by atoms with Crippen molar-refractivity contribution in [2.45, 2.75) is 78.0 Å². The summed E-state index contributed by atoms with van der Waals surface area (Å²) >= 11 is 0. The van der Waals surface area contributed by atoms with Gasteiger partial charge in [-0.25, -0.2) is 9.78 Å². The van der Waals surface area contributed by atoms with Gasteiger partial charge in [-0.3, -0.25) is 14.4 Å². The summed E-state index contributed by atoms with van der Waals surface area (Å²) in [7, 11) is 0. The number of fused-ring (bicyclic) bond motifs is 2. The number of nitrogens with two attached hydrogens (primary N) is 1. The number of amides is 2. The Labute approximate surface area is 235 Å². The molecule has 220 valence electrons. The van der Waals surface area contributed by atoms with Crippen molar-refractivity contribution in [3.8, 4) is 0 Å². The molecule has 0 aromatic carbocycles. The number of oxazole rings is 1. The maximum absolute atomic E-state index is 13.2. The molecule has 4 atom stereocenters. The monoisotopic (exact) mass is 558 g/mol. The van der Waals surface area contributed by atoms with E-state index < -0.39 is 30.1 Å². The largest absolute Gasteiger partial charge is 0.460 e. The molecule has 2 amide bonds. The Morgan fingerprint density at radius 3 is 2.62 bits per heavy atom. The molecule has 0 saturated carbocycles. The third kappa shape index (κ3) is 11.3. The Kier molecular flexibility index (Phi) is 13.5. The van der Waals surface area contributed by atoms with Gasteiger partial charge in [0.05, 0.1) is 12.5 Å². The molecular weight excluding hydrogens is 516 g/mol. The molecule has 2 bridgehead atoms. The fraction of sp³-hybridized carbons (Fsp3) is 0.552. The van der Waals surface area contributed by atoms with Gasteiger partial charge in [-0.2, -0.15) is 0 Å². The number of ether oxygens (including phenoxy) is 1. The van der Waals surface area contributed by atoms with Crippen molar-refractivity contribution in [2.75, 3.05) is 13.1 Å². The van der Waals surface area contributed by atoms with E-state index >= 15 is 0 Å². The third-order valence-electron chi connectivity index (χ3n) is 6.32. The summed E-state index contributed by atoms with van der Waals surface area (Å²) in [6.07, 6.45) is 8.82. The second-order valence-electron chi connectivity index (χ2n) is 10.3. The first-order valence-corrected chi connectivity index (χ1v) is 13.7. The molecule has 1 unspecified atom stereocenters. The molecule has 1 aliphatic heterocycles. The van der Waals surface area contributed by atoms with E-state index in [0.29, 0.717) is 25.8 Å². The molecule has 11 heteroatoms. The van der Waals surface area contributed by atoms with E-state index in [-0.39, 0.29) is 54.5 Å². The predicted octanol–water partition coefficient (Wildman–Crippen LogP) is 2.16. The zero-order valence-corrected chi connectivity index (χ0v) is 23.7. The molecule has 0 spiro atoms. The van der Waals surface area contributed by atoms with Crippen LogP contribution in [0.2, 0.25) is 0 Å². The lowest BCUT2D eigenvalue weighted by atomic mass is 9.94. The van der Waals surface area contributed by atoms with Gasteiger partial charge in [0, 0.05) is 18.9 Å². The number of rotatable bonds is 5. The van der Waals surface area contributed by atoms with Crippen molar-refractivity contribution in [1.29, 1.82) is 0 Å². The highest BCUT2D eigenvalue weighted by Crippen LogP contribution is 2.20. The van der Waals surface area contributed by atoms with Crippen molar-refractivity contribution in [3.05, 3.63) is 53.8 Å². The number of ketones is 1. The van der Waals surface area contributed by atoms with Crippen molar-refractivity contribution in [3.63, 3.8) is 0 Å². The molecule has 40 heavy (non-hydrogen) atoms. The number of hydrogen-bond acceptors (Lipinski definition) is 9. The Morgan fingerprint density at radius 2 is 1.93 bits per heavy atom. The molecule has 11 nitrogen and oxygen atoms in total. The lowest BCUT2D eigenvalue weighted by molar-refractivity contribution is -0.156. The van der Waals surface area contributed by atoms with Crippen LogP contribution in [-0.2, 0) is 25.5 Å². The van der Waals surface area contributed by atoms with Crippen molar-refractivity contribution in [2.24, 2.45) is 17.6 Å². The van der Waals surface area contributed by atoms with E-state index in [9.17, 15) is 24.3 Å². The van der Waals surface area contributed by atoms with E-state index in [1.807, 2.05) is 20.8 Å². The SMILES string of the molecule is CC1=C\[C@@H](O)CC(=O)Cc2nc(co2)C(=O)N[C@H](CCCCN)C(=O)OC(C(C)C)[C@H](C)/C=C/C(=O)NC\C=C\1. The van der Waals surface area contributed by atoms with Crippen molar-refractivity contribution >= 4 is 23.6 Å². The van der Waals surface area contributed by atoms with E-state index in [1.54, 1.807) is 25.2 Å². The maximum atomic E-state index is 13.2. The number of unbranched alkanes of at least 4 members (excludes halogenated alkanes) is 1. The minimum atomic E-state index is -1.02. The summed E-state index contributed by atoms with van der Waals surface area (Å²) in [6, 6.07) is -0.958. The highest BCUT2D eigenvalue weighted by molar-refractivity contribution is 5.95. The van der Waals surface area contributed by atoms with Crippen LogP contribution in [0.25, 0.3) is 0 Å². The van der Waals surface area contributed by atoms with Crippen LogP contribution >= 0.6 is 0 Å². The first-order valence-electron chi connectivity index (χ1n) is 13.7. The molecule has 0 radical (unpaired) electrons. The summed E-state index contributed by atoms with van der Waals surface area (Å²) in [5.74, 6) is -2.21. The number of allylic oxidation sites excluding steroid dienone is 2. The normalized spacial score (nSPS) is 27.2. The molecule has 5 N–H and O–H groups in total. The van der Waals surface area contributed by atoms with Crippen LogP contribution < -0.4 is 16.4 Å². The lowest BCUT2D eigenvalue weighted by Crippen LogP contribution is -2.44. The number of nitrogens with zero attached hydrogens (tertiary/aromatic N) is 1.